The molecule has 1 amide bonds. The van der Waals surface area contributed by atoms with Crippen molar-refractivity contribution in [2.45, 2.75) is 25.7 Å². The van der Waals surface area contributed by atoms with Crippen molar-refractivity contribution < 1.29 is 9.32 Å². The van der Waals surface area contributed by atoms with Crippen molar-refractivity contribution in [2.75, 3.05) is 31.1 Å². The monoisotopic (exact) mass is 313 g/mol. The number of pyridine rings is 1. The summed E-state index contributed by atoms with van der Waals surface area (Å²) in [5.41, 5.74) is 0.867. The third-order valence-electron chi connectivity index (χ3n) is 4.42. The first kappa shape index (κ1) is 14.2. The minimum absolute atomic E-state index is 0.136. The van der Waals surface area contributed by atoms with Crippen LogP contribution in [0.4, 0.5) is 5.82 Å². The van der Waals surface area contributed by atoms with E-state index in [1.54, 1.807) is 13.1 Å². The Morgan fingerprint density at radius 2 is 2.00 bits per heavy atom. The van der Waals surface area contributed by atoms with Crippen LogP contribution in [0.5, 0.6) is 0 Å². The van der Waals surface area contributed by atoms with Gasteiger partial charge in [0.2, 0.25) is 17.6 Å². The molecule has 2 fully saturated rings. The van der Waals surface area contributed by atoms with Gasteiger partial charge in [0.05, 0.1) is 0 Å². The number of piperazine rings is 1. The summed E-state index contributed by atoms with van der Waals surface area (Å²) < 4.78 is 5.29. The highest BCUT2D eigenvalue weighted by atomic mass is 16.5. The summed E-state index contributed by atoms with van der Waals surface area (Å²) in [6, 6.07) is 3.95. The molecule has 120 valence electrons. The number of amides is 1. The summed E-state index contributed by atoms with van der Waals surface area (Å²) in [7, 11) is 0. The van der Waals surface area contributed by atoms with Gasteiger partial charge < -0.3 is 14.3 Å². The van der Waals surface area contributed by atoms with Gasteiger partial charge in [0.25, 0.3) is 0 Å². The van der Waals surface area contributed by atoms with Crippen molar-refractivity contribution in [1.29, 1.82) is 0 Å². The van der Waals surface area contributed by atoms with Gasteiger partial charge in [-0.15, -0.1) is 0 Å². The highest BCUT2D eigenvalue weighted by molar-refractivity contribution is 5.73. The van der Waals surface area contributed by atoms with Crippen LogP contribution in [0.2, 0.25) is 0 Å². The van der Waals surface area contributed by atoms with Crippen LogP contribution in [0.1, 0.15) is 31.6 Å². The van der Waals surface area contributed by atoms with E-state index in [0.717, 1.165) is 56.3 Å². The van der Waals surface area contributed by atoms with Crippen molar-refractivity contribution in [2.24, 2.45) is 0 Å². The molecule has 23 heavy (non-hydrogen) atoms. The first-order chi connectivity index (χ1) is 11.2. The fourth-order valence-electron chi connectivity index (χ4n) is 2.80. The topological polar surface area (TPSA) is 75.4 Å². The van der Waals surface area contributed by atoms with Crippen LogP contribution in [-0.2, 0) is 4.79 Å². The standard InChI is InChI=1S/C16H19N5O2/c1-11(22)20-6-8-21(9-7-20)14-5-4-13(10-17-14)15-18-16(23-19-15)12-2-3-12/h4-5,10,12H,2-3,6-9H2,1H3. The van der Waals surface area contributed by atoms with E-state index in [2.05, 4.69) is 20.0 Å². The molecule has 0 spiro atoms. The van der Waals surface area contributed by atoms with Gasteiger partial charge >= 0.3 is 0 Å². The number of hydrogen-bond donors (Lipinski definition) is 0. The van der Waals surface area contributed by atoms with Gasteiger partial charge in [0.1, 0.15) is 5.82 Å². The summed E-state index contributed by atoms with van der Waals surface area (Å²) in [4.78, 5) is 24.4. The predicted molar refractivity (Wildman–Crippen MR) is 84.0 cm³/mol. The van der Waals surface area contributed by atoms with Crippen LogP contribution in [-0.4, -0.2) is 52.1 Å². The Bertz CT molecular complexity index is 700. The van der Waals surface area contributed by atoms with Crippen LogP contribution in [0, 0.1) is 0 Å². The Labute approximate surface area is 134 Å². The molecule has 4 rings (SSSR count). The van der Waals surface area contributed by atoms with E-state index in [-0.39, 0.29) is 5.91 Å². The van der Waals surface area contributed by atoms with Crippen LogP contribution in [0.3, 0.4) is 0 Å². The van der Waals surface area contributed by atoms with Gasteiger partial charge in [0.15, 0.2) is 0 Å². The number of rotatable bonds is 3. The minimum Gasteiger partial charge on any atom is -0.353 e. The van der Waals surface area contributed by atoms with Crippen LogP contribution in [0.25, 0.3) is 11.4 Å². The number of aromatic nitrogens is 3. The first-order valence-electron chi connectivity index (χ1n) is 8.01. The van der Waals surface area contributed by atoms with E-state index < -0.39 is 0 Å². The van der Waals surface area contributed by atoms with Crippen molar-refractivity contribution >= 4 is 11.7 Å². The Balaban J connectivity index is 1.44. The van der Waals surface area contributed by atoms with E-state index in [4.69, 9.17) is 4.52 Å². The lowest BCUT2D eigenvalue weighted by Gasteiger charge is -2.34. The molecular formula is C16H19N5O2. The molecule has 0 aromatic carbocycles. The number of nitrogens with zero attached hydrogens (tertiary/aromatic N) is 5. The first-order valence-corrected chi connectivity index (χ1v) is 8.01. The van der Waals surface area contributed by atoms with E-state index in [1.165, 1.54) is 0 Å². The predicted octanol–water partition coefficient (Wildman–Crippen LogP) is 1.68. The summed E-state index contributed by atoms with van der Waals surface area (Å²) in [6.45, 7) is 4.71. The van der Waals surface area contributed by atoms with Gasteiger partial charge in [0, 0.05) is 50.8 Å². The fourth-order valence-corrected chi connectivity index (χ4v) is 2.80. The quantitative estimate of drug-likeness (QED) is 0.858. The lowest BCUT2D eigenvalue weighted by Crippen LogP contribution is -2.48. The van der Waals surface area contributed by atoms with Crippen molar-refractivity contribution in [3.63, 3.8) is 0 Å². The average Bonchev–Trinajstić information content (AvgIpc) is 3.32. The summed E-state index contributed by atoms with van der Waals surface area (Å²) in [5, 5.41) is 4.04. The highest BCUT2D eigenvalue weighted by Crippen LogP contribution is 2.39. The van der Waals surface area contributed by atoms with Gasteiger partial charge in [-0.3, -0.25) is 4.79 Å². The Kier molecular flexibility index (Phi) is 3.48. The SMILES string of the molecule is CC(=O)N1CCN(c2ccc(-c3noc(C4CC4)n3)cn2)CC1. The highest BCUT2D eigenvalue weighted by Gasteiger charge is 2.29. The van der Waals surface area contributed by atoms with E-state index in [0.29, 0.717) is 11.7 Å². The smallest absolute Gasteiger partial charge is 0.230 e. The largest absolute Gasteiger partial charge is 0.353 e. The molecule has 3 heterocycles. The van der Waals surface area contributed by atoms with E-state index >= 15 is 0 Å². The molecule has 2 aliphatic rings. The molecule has 7 nitrogen and oxygen atoms in total. The number of carbonyl (C=O) groups is 1. The van der Waals surface area contributed by atoms with Crippen LogP contribution in [0.15, 0.2) is 22.9 Å². The zero-order valence-corrected chi connectivity index (χ0v) is 13.1. The maximum Gasteiger partial charge on any atom is 0.230 e. The van der Waals surface area contributed by atoms with E-state index in [9.17, 15) is 4.79 Å². The van der Waals surface area contributed by atoms with Gasteiger partial charge in [-0.1, -0.05) is 5.16 Å². The molecule has 0 bridgehead atoms. The molecule has 1 saturated carbocycles. The Morgan fingerprint density at radius 3 is 2.61 bits per heavy atom. The summed E-state index contributed by atoms with van der Waals surface area (Å²) >= 11 is 0. The van der Waals surface area contributed by atoms with Gasteiger partial charge in [-0.2, -0.15) is 4.98 Å². The average molecular weight is 313 g/mol. The number of anilines is 1. The zero-order chi connectivity index (χ0) is 15.8. The maximum atomic E-state index is 11.4. The lowest BCUT2D eigenvalue weighted by atomic mass is 10.2. The lowest BCUT2D eigenvalue weighted by molar-refractivity contribution is -0.129. The van der Waals surface area contributed by atoms with E-state index in [1.807, 2.05) is 17.0 Å². The second-order valence-electron chi connectivity index (χ2n) is 6.13. The molecule has 0 radical (unpaired) electrons. The van der Waals surface area contributed by atoms with Gasteiger partial charge in [-0.25, -0.2) is 4.98 Å². The van der Waals surface area contributed by atoms with Crippen molar-refractivity contribution in [3.05, 3.63) is 24.2 Å². The fraction of sp³-hybridized carbons (Fsp3) is 0.500. The van der Waals surface area contributed by atoms with Crippen LogP contribution < -0.4 is 4.90 Å². The molecule has 1 aliphatic heterocycles. The molecule has 1 aliphatic carbocycles. The zero-order valence-electron chi connectivity index (χ0n) is 13.1. The van der Waals surface area contributed by atoms with Crippen molar-refractivity contribution in [3.8, 4) is 11.4 Å². The summed E-state index contributed by atoms with van der Waals surface area (Å²) in [6.07, 6.45) is 4.07. The molecule has 7 heteroatoms. The molecular weight excluding hydrogens is 294 g/mol. The summed E-state index contributed by atoms with van der Waals surface area (Å²) in [5.74, 6) is 2.86. The normalized spacial score (nSPS) is 18.3. The second-order valence-corrected chi connectivity index (χ2v) is 6.13. The van der Waals surface area contributed by atoms with Crippen LogP contribution >= 0.6 is 0 Å². The third-order valence-corrected chi connectivity index (χ3v) is 4.42. The minimum atomic E-state index is 0.136. The third kappa shape index (κ3) is 2.91. The maximum absolute atomic E-state index is 11.4. The second kappa shape index (κ2) is 5.64. The molecule has 2 aromatic heterocycles. The Morgan fingerprint density at radius 1 is 1.22 bits per heavy atom. The number of hydrogen-bond acceptors (Lipinski definition) is 6. The molecule has 1 saturated heterocycles. The number of carbonyl (C=O) groups excluding carboxylic acids is 1. The molecule has 0 N–H and O–H groups in total. The molecule has 0 atom stereocenters. The van der Waals surface area contributed by atoms with Crippen molar-refractivity contribution in [1.82, 2.24) is 20.0 Å². The molecule has 2 aromatic rings. The van der Waals surface area contributed by atoms with Gasteiger partial charge in [-0.05, 0) is 25.0 Å². The Hall–Kier alpha value is -2.44. The molecule has 0 unspecified atom stereocenters.